The summed E-state index contributed by atoms with van der Waals surface area (Å²) in [6, 6.07) is 4.88. The molecule has 0 unspecified atom stereocenters. The minimum Gasteiger partial charge on any atom is -0.482 e. The molecule has 1 amide bonds. The summed E-state index contributed by atoms with van der Waals surface area (Å²) >= 11 is 11.7. The number of hydrogen-bond acceptors (Lipinski definition) is 3. The average Bonchev–Trinajstić information content (AvgIpc) is 2.37. The fourth-order valence-corrected chi connectivity index (χ4v) is 1.84. The summed E-state index contributed by atoms with van der Waals surface area (Å²) in [6.07, 6.45) is 1.08. The summed E-state index contributed by atoms with van der Waals surface area (Å²) in [5.74, 6) is 0.273. The van der Waals surface area contributed by atoms with E-state index < -0.39 is 0 Å². The Morgan fingerprint density at radius 3 is 2.65 bits per heavy atom. The first kappa shape index (κ1) is 19.3. The maximum atomic E-state index is 11.5. The number of amides is 1. The molecule has 1 rings (SSSR count). The molecule has 0 saturated heterocycles. The lowest BCUT2D eigenvalue weighted by Gasteiger charge is -2.09. The van der Waals surface area contributed by atoms with E-state index in [-0.39, 0.29) is 24.9 Å². The van der Waals surface area contributed by atoms with E-state index in [1.165, 1.54) is 0 Å². The van der Waals surface area contributed by atoms with E-state index in [4.69, 9.17) is 27.9 Å². The summed E-state index contributed by atoms with van der Waals surface area (Å²) in [5, 5.41) is 6.86. The summed E-state index contributed by atoms with van der Waals surface area (Å²) in [5.41, 5.74) is 0. The van der Waals surface area contributed by atoms with Gasteiger partial charge in [-0.3, -0.25) is 4.79 Å². The molecule has 0 radical (unpaired) electrons. The predicted octanol–water partition coefficient (Wildman–Crippen LogP) is 2.91. The van der Waals surface area contributed by atoms with Crippen LogP contribution in [0.4, 0.5) is 0 Å². The highest BCUT2D eigenvalue weighted by Gasteiger charge is 2.05. The first-order valence-corrected chi connectivity index (χ1v) is 6.94. The molecular weight excluding hydrogens is 323 g/mol. The Morgan fingerprint density at radius 2 is 2.00 bits per heavy atom. The topological polar surface area (TPSA) is 50.4 Å². The third-order valence-electron chi connectivity index (χ3n) is 2.30. The lowest BCUT2D eigenvalue weighted by molar-refractivity contribution is -0.123. The SMILES string of the molecule is CCCNCCNC(=O)COc1ccc(Cl)cc1Cl.Cl. The lowest BCUT2D eigenvalue weighted by atomic mass is 10.3. The third kappa shape index (κ3) is 7.80. The van der Waals surface area contributed by atoms with Crippen LogP contribution in [-0.2, 0) is 4.79 Å². The van der Waals surface area contributed by atoms with Crippen LogP contribution >= 0.6 is 35.6 Å². The second-order valence-corrected chi connectivity index (χ2v) is 4.81. The first-order chi connectivity index (χ1) is 9.13. The third-order valence-corrected chi connectivity index (χ3v) is 2.83. The van der Waals surface area contributed by atoms with E-state index >= 15 is 0 Å². The van der Waals surface area contributed by atoms with Crippen LogP contribution in [0.25, 0.3) is 0 Å². The molecule has 0 aromatic heterocycles. The van der Waals surface area contributed by atoms with Crippen LogP contribution < -0.4 is 15.4 Å². The zero-order valence-electron chi connectivity index (χ0n) is 11.2. The number of carbonyl (C=O) groups excluding carboxylic acids is 1. The minimum atomic E-state index is -0.177. The zero-order chi connectivity index (χ0) is 14.1. The van der Waals surface area contributed by atoms with Crippen LogP contribution in [0.5, 0.6) is 5.75 Å². The van der Waals surface area contributed by atoms with Gasteiger partial charge >= 0.3 is 0 Å². The maximum Gasteiger partial charge on any atom is 0.257 e. The van der Waals surface area contributed by atoms with Crippen molar-refractivity contribution in [3.05, 3.63) is 28.2 Å². The minimum absolute atomic E-state index is 0. The van der Waals surface area contributed by atoms with Gasteiger partial charge in [-0.05, 0) is 31.2 Å². The van der Waals surface area contributed by atoms with Crippen molar-refractivity contribution in [1.29, 1.82) is 0 Å². The first-order valence-electron chi connectivity index (χ1n) is 6.18. The Bertz CT molecular complexity index is 417. The van der Waals surface area contributed by atoms with E-state index in [0.717, 1.165) is 19.5 Å². The smallest absolute Gasteiger partial charge is 0.257 e. The number of halogens is 3. The van der Waals surface area contributed by atoms with E-state index in [2.05, 4.69) is 17.6 Å². The fourth-order valence-electron chi connectivity index (χ4n) is 1.38. The van der Waals surface area contributed by atoms with Crippen molar-refractivity contribution in [3.63, 3.8) is 0 Å². The summed E-state index contributed by atoms with van der Waals surface area (Å²) in [6.45, 7) is 4.31. The summed E-state index contributed by atoms with van der Waals surface area (Å²) in [7, 11) is 0. The number of nitrogens with one attached hydrogen (secondary N) is 2. The Balaban J connectivity index is 0.00000361. The van der Waals surface area contributed by atoms with Gasteiger partial charge in [0.1, 0.15) is 5.75 Å². The Morgan fingerprint density at radius 1 is 1.25 bits per heavy atom. The molecule has 0 bridgehead atoms. The predicted molar refractivity (Wildman–Crippen MR) is 85.4 cm³/mol. The van der Waals surface area contributed by atoms with E-state index in [1.54, 1.807) is 18.2 Å². The van der Waals surface area contributed by atoms with Gasteiger partial charge in [-0.2, -0.15) is 0 Å². The molecular formula is C13H19Cl3N2O2. The van der Waals surface area contributed by atoms with Crippen LogP contribution in [0, 0.1) is 0 Å². The van der Waals surface area contributed by atoms with Gasteiger partial charge in [-0.1, -0.05) is 30.1 Å². The molecule has 1 aromatic rings. The summed E-state index contributed by atoms with van der Waals surface area (Å²) < 4.78 is 5.31. The van der Waals surface area contributed by atoms with Gasteiger partial charge in [-0.15, -0.1) is 12.4 Å². The van der Waals surface area contributed by atoms with Crippen molar-refractivity contribution < 1.29 is 9.53 Å². The van der Waals surface area contributed by atoms with E-state index in [9.17, 15) is 4.79 Å². The number of carbonyl (C=O) groups is 1. The quantitative estimate of drug-likeness (QED) is 0.715. The number of hydrogen-bond donors (Lipinski definition) is 2. The van der Waals surface area contributed by atoms with Crippen molar-refractivity contribution in [3.8, 4) is 5.75 Å². The molecule has 0 heterocycles. The van der Waals surface area contributed by atoms with Gasteiger partial charge in [0.25, 0.3) is 5.91 Å². The van der Waals surface area contributed by atoms with Crippen molar-refractivity contribution in [2.75, 3.05) is 26.2 Å². The standard InChI is InChI=1S/C13H18Cl2N2O2.ClH/c1-2-5-16-6-7-17-13(18)9-19-12-4-3-10(14)8-11(12)15;/h3-4,8,16H,2,5-7,9H2,1H3,(H,17,18);1H. The highest BCUT2D eigenvalue weighted by molar-refractivity contribution is 6.35. The normalized spacial score (nSPS) is 9.75. The zero-order valence-corrected chi connectivity index (χ0v) is 13.6. The van der Waals surface area contributed by atoms with Crippen molar-refractivity contribution in [2.24, 2.45) is 0 Å². The second kappa shape index (κ2) is 11.0. The molecule has 1 aromatic carbocycles. The Labute approximate surface area is 135 Å². The second-order valence-electron chi connectivity index (χ2n) is 3.96. The summed E-state index contributed by atoms with van der Waals surface area (Å²) in [4.78, 5) is 11.5. The molecule has 4 nitrogen and oxygen atoms in total. The highest BCUT2D eigenvalue weighted by Crippen LogP contribution is 2.27. The lowest BCUT2D eigenvalue weighted by Crippen LogP contribution is -2.35. The Kier molecular flexibility index (Phi) is 10.7. The van der Waals surface area contributed by atoms with Gasteiger partial charge < -0.3 is 15.4 Å². The van der Waals surface area contributed by atoms with Crippen molar-refractivity contribution in [2.45, 2.75) is 13.3 Å². The molecule has 0 aliphatic heterocycles. The van der Waals surface area contributed by atoms with Crippen molar-refractivity contribution >= 4 is 41.5 Å². The molecule has 0 spiro atoms. The van der Waals surface area contributed by atoms with Gasteiger partial charge in [0.15, 0.2) is 6.61 Å². The van der Waals surface area contributed by atoms with Gasteiger partial charge in [0.05, 0.1) is 5.02 Å². The highest BCUT2D eigenvalue weighted by atomic mass is 35.5. The van der Waals surface area contributed by atoms with E-state index in [1.807, 2.05) is 0 Å². The van der Waals surface area contributed by atoms with Gasteiger partial charge in [0.2, 0.25) is 0 Å². The average molecular weight is 342 g/mol. The molecule has 0 atom stereocenters. The van der Waals surface area contributed by atoms with Crippen LogP contribution in [-0.4, -0.2) is 32.1 Å². The number of ether oxygens (including phenoxy) is 1. The molecule has 0 saturated carbocycles. The van der Waals surface area contributed by atoms with Crippen molar-refractivity contribution in [1.82, 2.24) is 10.6 Å². The van der Waals surface area contributed by atoms with Crippen LogP contribution in [0.3, 0.4) is 0 Å². The molecule has 0 aliphatic carbocycles. The monoisotopic (exact) mass is 340 g/mol. The van der Waals surface area contributed by atoms with Crippen LogP contribution in [0.15, 0.2) is 18.2 Å². The molecule has 0 fully saturated rings. The molecule has 20 heavy (non-hydrogen) atoms. The number of rotatable bonds is 8. The van der Waals surface area contributed by atoms with Crippen LogP contribution in [0.2, 0.25) is 10.0 Å². The molecule has 0 aliphatic rings. The molecule has 2 N–H and O–H groups in total. The maximum absolute atomic E-state index is 11.5. The van der Waals surface area contributed by atoms with E-state index in [0.29, 0.717) is 22.3 Å². The van der Waals surface area contributed by atoms with Crippen LogP contribution in [0.1, 0.15) is 13.3 Å². The number of benzene rings is 1. The Hall–Kier alpha value is -0.680. The van der Waals surface area contributed by atoms with Gasteiger partial charge in [0, 0.05) is 18.1 Å². The molecule has 7 heteroatoms. The molecule has 114 valence electrons. The van der Waals surface area contributed by atoms with Gasteiger partial charge in [-0.25, -0.2) is 0 Å². The fraction of sp³-hybridized carbons (Fsp3) is 0.462. The largest absolute Gasteiger partial charge is 0.482 e.